The number of hydrogen-bond acceptors (Lipinski definition) is 5. The van der Waals surface area contributed by atoms with E-state index in [4.69, 9.17) is 4.74 Å². The SMILES string of the molecule is CCOC(=O)c1c(SCCc2ccccc2)sc2cc(Br)nn12. The quantitative estimate of drug-likeness (QED) is 0.437. The third-order valence-electron chi connectivity index (χ3n) is 3.18. The number of benzene rings is 1. The lowest BCUT2D eigenvalue weighted by molar-refractivity contribution is 0.0513. The number of carbonyl (C=O) groups is 1. The maximum absolute atomic E-state index is 12.3. The van der Waals surface area contributed by atoms with Crippen LogP contribution in [0.4, 0.5) is 0 Å². The third-order valence-corrected chi connectivity index (χ3v) is 5.92. The van der Waals surface area contributed by atoms with Gasteiger partial charge < -0.3 is 4.74 Å². The van der Waals surface area contributed by atoms with Crippen molar-refractivity contribution in [3.63, 3.8) is 0 Å². The third kappa shape index (κ3) is 3.79. The summed E-state index contributed by atoms with van der Waals surface area (Å²) < 4.78 is 8.52. The van der Waals surface area contributed by atoms with Crippen molar-refractivity contribution in [3.8, 4) is 0 Å². The second kappa shape index (κ2) is 7.51. The van der Waals surface area contributed by atoms with Crippen LogP contribution in [0.3, 0.4) is 0 Å². The van der Waals surface area contributed by atoms with Crippen molar-refractivity contribution in [1.82, 2.24) is 9.61 Å². The second-order valence-corrected chi connectivity index (χ2v) is 7.97. The van der Waals surface area contributed by atoms with Crippen LogP contribution in [0.1, 0.15) is 23.0 Å². The molecule has 0 aliphatic carbocycles. The van der Waals surface area contributed by atoms with Gasteiger partial charge in [0.2, 0.25) is 0 Å². The smallest absolute Gasteiger partial charge is 0.359 e. The van der Waals surface area contributed by atoms with Gasteiger partial charge in [-0.15, -0.1) is 23.1 Å². The zero-order valence-electron chi connectivity index (χ0n) is 12.5. The Hall–Kier alpha value is -1.31. The summed E-state index contributed by atoms with van der Waals surface area (Å²) in [5.41, 5.74) is 1.82. The fourth-order valence-electron chi connectivity index (χ4n) is 2.17. The molecule has 7 heteroatoms. The van der Waals surface area contributed by atoms with Crippen molar-refractivity contribution in [1.29, 1.82) is 0 Å². The standard InChI is InChI=1S/C16H15BrN2O2S2/c1-2-21-15(20)14-16(23-13-10-12(17)18-19(13)14)22-9-8-11-6-4-3-5-7-11/h3-7,10H,2,8-9H2,1H3. The van der Waals surface area contributed by atoms with E-state index in [0.29, 0.717) is 12.3 Å². The van der Waals surface area contributed by atoms with E-state index in [1.165, 1.54) is 5.56 Å². The molecule has 2 heterocycles. The van der Waals surface area contributed by atoms with Crippen LogP contribution in [-0.2, 0) is 11.2 Å². The molecule has 1 aromatic carbocycles. The molecule has 0 N–H and O–H groups in total. The van der Waals surface area contributed by atoms with E-state index in [2.05, 4.69) is 33.2 Å². The number of rotatable bonds is 6. The van der Waals surface area contributed by atoms with Gasteiger partial charge in [0.05, 0.1) is 10.8 Å². The predicted molar refractivity (Wildman–Crippen MR) is 97.6 cm³/mol. The van der Waals surface area contributed by atoms with Crippen molar-refractivity contribution < 1.29 is 9.53 Å². The largest absolute Gasteiger partial charge is 0.461 e. The molecule has 0 aliphatic heterocycles. The summed E-state index contributed by atoms with van der Waals surface area (Å²) in [6.45, 7) is 2.16. The number of aromatic nitrogens is 2. The van der Waals surface area contributed by atoms with Crippen LogP contribution in [0.2, 0.25) is 0 Å². The zero-order valence-corrected chi connectivity index (χ0v) is 15.7. The molecule has 0 spiro atoms. The van der Waals surface area contributed by atoms with Crippen molar-refractivity contribution in [2.24, 2.45) is 0 Å². The lowest BCUT2D eigenvalue weighted by Crippen LogP contribution is -2.09. The highest BCUT2D eigenvalue weighted by Gasteiger charge is 2.22. The molecule has 0 atom stereocenters. The first kappa shape index (κ1) is 16.5. The number of ether oxygens (including phenoxy) is 1. The van der Waals surface area contributed by atoms with E-state index in [1.54, 1.807) is 27.6 Å². The van der Waals surface area contributed by atoms with E-state index in [1.807, 2.05) is 31.2 Å². The van der Waals surface area contributed by atoms with Crippen molar-refractivity contribution >= 4 is 49.8 Å². The summed E-state index contributed by atoms with van der Waals surface area (Å²) in [6.07, 6.45) is 0.956. The van der Waals surface area contributed by atoms with Gasteiger partial charge in [-0.3, -0.25) is 0 Å². The van der Waals surface area contributed by atoms with Gasteiger partial charge in [-0.2, -0.15) is 5.10 Å². The monoisotopic (exact) mass is 410 g/mol. The highest BCUT2D eigenvalue weighted by molar-refractivity contribution is 9.10. The van der Waals surface area contributed by atoms with Crippen LogP contribution in [0, 0.1) is 0 Å². The minimum Gasteiger partial charge on any atom is -0.461 e. The average Bonchev–Trinajstić information content (AvgIpc) is 3.04. The molecule has 4 nitrogen and oxygen atoms in total. The molecule has 0 bridgehead atoms. The normalized spacial score (nSPS) is 11.0. The number of thioether (sulfide) groups is 1. The number of halogens is 1. The molecule has 0 radical (unpaired) electrons. The van der Waals surface area contributed by atoms with Gasteiger partial charge in [-0.1, -0.05) is 30.3 Å². The summed E-state index contributed by atoms with van der Waals surface area (Å²) in [6, 6.07) is 12.2. The van der Waals surface area contributed by atoms with E-state index >= 15 is 0 Å². The minimum absolute atomic E-state index is 0.323. The van der Waals surface area contributed by atoms with Crippen LogP contribution in [0.5, 0.6) is 0 Å². The molecule has 0 fully saturated rings. The number of thiazole rings is 1. The Morgan fingerprint density at radius 1 is 1.39 bits per heavy atom. The van der Waals surface area contributed by atoms with E-state index < -0.39 is 0 Å². The highest BCUT2D eigenvalue weighted by Crippen LogP contribution is 2.34. The second-order valence-electron chi connectivity index (χ2n) is 4.76. The number of nitrogens with zero attached hydrogens (tertiary/aromatic N) is 2. The lowest BCUT2D eigenvalue weighted by atomic mass is 10.2. The van der Waals surface area contributed by atoms with Crippen molar-refractivity contribution in [3.05, 3.63) is 52.3 Å². The number of esters is 1. The van der Waals surface area contributed by atoms with Crippen LogP contribution >= 0.6 is 39.0 Å². The molecule has 120 valence electrons. The molecule has 0 saturated heterocycles. The molecule has 3 rings (SSSR count). The van der Waals surface area contributed by atoms with Crippen molar-refractivity contribution in [2.75, 3.05) is 12.4 Å². The molecule has 0 saturated carbocycles. The summed E-state index contributed by atoms with van der Waals surface area (Å²) in [4.78, 5) is 13.2. The Kier molecular flexibility index (Phi) is 5.40. The molecule has 0 unspecified atom stereocenters. The van der Waals surface area contributed by atoms with Gasteiger partial charge in [0.25, 0.3) is 0 Å². The van der Waals surface area contributed by atoms with Gasteiger partial charge in [-0.05, 0) is 34.8 Å². The number of fused-ring (bicyclic) bond motifs is 1. The Morgan fingerprint density at radius 2 is 2.17 bits per heavy atom. The fourth-order valence-corrected chi connectivity index (χ4v) is 5.12. The molecule has 2 aromatic heterocycles. The topological polar surface area (TPSA) is 43.6 Å². The fraction of sp³-hybridized carbons (Fsp3) is 0.250. The molecule has 3 aromatic rings. The van der Waals surface area contributed by atoms with Gasteiger partial charge in [0.1, 0.15) is 9.43 Å². The number of carbonyl (C=O) groups excluding carboxylic acids is 1. The van der Waals surface area contributed by atoms with Crippen LogP contribution < -0.4 is 0 Å². The van der Waals surface area contributed by atoms with Crippen molar-refractivity contribution in [2.45, 2.75) is 17.6 Å². The molecular weight excluding hydrogens is 396 g/mol. The predicted octanol–water partition coefficient (Wildman–Crippen LogP) is 4.67. The maximum Gasteiger partial charge on any atom is 0.359 e. The first-order valence-corrected chi connectivity index (χ1v) is 9.80. The maximum atomic E-state index is 12.3. The van der Waals surface area contributed by atoms with E-state index in [0.717, 1.165) is 25.8 Å². The Balaban J connectivity index is 1.80. The van der Waals surface area contributed by atoms with Crippen LogP contribution in [0.25, 0.3) is 4.83 Å². The lowest BCUT2D eigenvalue weighted by Gasteiger charge is -2.04. The Labute approximate surface area is 151 Å². The summed E-state index contributed by atoms with van der Waals surface area (Å²) >= 11 is 6.59. The first-order valence-electron chi connectivity index (χ1n) is 7.21. The molecule has 0 aliphatic rings. The van der Waals surface area contributed by atoms with Gasteiger partial charge >= 0.3 is 5.97 Å². The summed E-state index contributed by atoms with van der Waals surface area (Å²) in [7, 11) is 0. The summed E-state index contributed by atoms with van der Waals surface area (Å²) in [5.74, 6) is 0.581. The molecule has 0 amide bonds. The van der Waals surface area contributed by atoms with E-state index in [-0.39, 0.29) is 5.97 Å². The van der Waals surface area contributed by atoms with Gasteiger partial charge in [-0.25, -0.2) is 9.31 Å². The van der Waals surface area contributed by atoms with Gasteiger partial charge in [0.15, 0.2) is 5.69 Å². The molecular formula is C16H15BrN2O2S2. The molecule has 23 heavy (non-hydrogen) atoms. The average molecular weight is 411 g/mol. The zero-order chi connectivity index (χ0) is 16.2. The number of aryl methyl sites for hydroxylation is 1. The van der Waals surface area contributed by atoms with Crippen LogP contribution in [-0.4, -0.2) is 27.9 Å². The first-order chi connectivity index (χ1) is 11.2. The Bertz CT molecular complexity index is 814. The van der Waals surface area contributed by atoms with Crippen LogP contribution in [0.15, 0.2) is 45.2 Å². The van der Waals surface area contributed by atoms with E-state index in [9.17, 15) is 4.79 Å². The van der Waals surface area contributed by atoms with Gasteiger partial charge in [0, 0.05) is 11.8 Å². The minimum atomic E-state index is -0.323. The number of hydrogen-bond donors (Lipinski definition) is 0. The highest BCUT2D eigenvalue weighted by atomic mass is 79.9. The summed E-state index contributed by atoms with van der Waals surface area (Å²) in [5, 5.41) is 4.33. The Morgan fingerprint density at radius 3 is 2.91 bits per heavy atom.